The Morgan fingerprint density at radius 2 is 2.09 bits per heavy atom. The van der Waals surface area contributed by atoms with Gasteiger partial charge in [-0.05, 0) is 29.9 Å². The van der Waals surface area contributed by atoms with Gasteiger partial charge in [-0.15, -0.1) is 0 Å². The number of aryl methyl sites for hydroxylation is 1. The molecular weight excluding hydrogens is 276 g/mol. The van der Waals surface area contributed by atoms with Crippen LogP contribution >= 0.6 is 0 Å². The Hall–Kier alpha value is -1.81. The zero-order chi connectivity index (χ0) is 16.1. The molecule has 4 heteroatoms. The minimum Gasteiger partial charge on any atom is -0.391 e. The second kappa shape index (κ2) is 7.45. The predicted octanol–water partition coefficient (Wildman–Crippen LogP) is 2.80. The zero-order valence-corrected chi connectivity index (χ0v) is 13.6. The third kappa shape index (κ3) is 4.10. The number of carbonyl (C=O) groups is 1. The van der Waals surface area contributed by atoms with Crippen molar-refractivity contribution in [1.82, 2.24) is 10.3 Å². The molecule has 22 heavy (non-hydrogen) atoms. The normalized spacial score (nSPS) is 12.8. The maximum atomic E-state index is 12.1. The highest BCUT2D eigenvalue weighted by atomic mass is 16.3. The Bertz CT molecular complexity index is 631. The molecule has 1 unspecified atom stereocenters. The minimum atomic E-state index is -0.474. The number of aromatic amines is 1. The van der Waals surface area contributed by atoms with Gasteiger partial charge < -0.3 is 15.4 Å². The lowest BCUT2D eigenvalue weighted by Crippen LogP contribution is -2.33. The summed E-state index contributed by atoms with van der Waals surface area (Å²) in [7, 11) is 0. The van der Waals surface area contributed by atoms with Crippen LogP contribution in [0.15, 0.2) is 24.4 Å². The molecule has 0 spiro atoms. The van der Waals surface area contributed by atoms with Crippen LogP contribution in [-0.2, 0) is 17.6 Å². The summed E-state index contributed by atoms with van der Waals surface area (Å²) in [5.74, 6) is 0.374. The van der Waals surface area contributed by atoms with Crippen molar-refractivity contribution in [3.8, 4) is 0 Å². The molecule has 0 saturated heterocycles. The van der Waals surface area contributed by atoms with E-state index in [-0.39, 0.29) is 5.91 Å². The second-order valence-electron chi connectivity index (χ2n) is 6.27. The van der Waals surface area contributed by atoms with Crippen LogP contribution in [0, 0.1) is 5.92 Å². The van der Waals surface area contributed by atoms with E-state index >= 15 is 0 Å². The molecule has 1 atom stereocenters. The van der Waals surface area contributed by atoms with Crippen molar-refractivity contribution in [2.75, 3.05) is 6.54 Å². The monoisotopic (exact) mass is 302 g/mol. The topological polar surface area (TPSA) is 65.1 Å². The van der Waals surface area contributed by atoms with Crippen molar-refractivity contribution >= 4 is 16.8 Å². The molecule has 1 heterocycles. The highest BCUT2D eigenvalue weighted by Crippen LogP contribution is 2.22. The van der Waals surface area contributed by atoms with E-state index in [1.54, 1.807) is 0 Å². The van der Waals surface area contributed by atoms with E-state index in [4.69, 9.17) is 0 Å². The van der Waals surface area contributed by atoms with E-state index in [0.717, 1.165) is 22.9 Å². The Kier molecular flexibility index (Phi) is 5.61. The summed E-state index contributed by atoms with van der Waals surface area (Å²) in [5.41, 5.74) is 3.38. The number of hydrogen-bond donors (Lipinski definition) is 3. The maximum Gasteiger partial charge on any atom is 0.224 e. The fourth-order valence-electron chi connectivity index (χ4n) is 2.81. The van der Waals surface area contributed by atoms with Gasteiger partial charge in [0, 0.05) is 23.6 Å². The molecular formula is C18H26N2O2. The molecule has 0 saturated carbocycles. The van der Waals surface area contributed by atoms with Crippen LogP contribution in [0.5, 0.6) is 0 Å². The number of H-pyrrole nitrogens is 1. The maximum absolute atomic E-state index is 12.1. The fourth-order valence-corrected chi connectivity index (χ4v) is 2.81. The molecule has 2 rings (SSSR count). The highest BCUT2D eigenvalue weighted by molar-refractivity contribution is 5.90. The van der Waals surface area contributed by atoms with E-state index < -0.39 is 6.10 Å². The summed E-state index contributed by atoms with van der Waals surface area (Å²) >= 11 is 0. The molecule has 4 nitrogen and oxygen atoms in total. The molecule has 0 fully saturated rings. The zero-order valence-electron chi connectivity index (χ0n) is 13.6. The van der Waals surface area contributed by atoms with Crippen LogP contribution in [0.1, 0.15) is 38.3 Å². The summed E-state index contributed by atoms with van der Waals surface area (Å²) in [6.45, 7) is 6.56. The van der Waals surface area contributed by atoms with Crippen LogP contribution in [0.2, 0.25) is 0 Å². The van der Waals surface area contributed by atoms with Crippen molar-refractivity contribution in [3.63, 3.8) is 0 Å². The van der Waals surface area contributed by atoms with Gasteiger partial charge in [-0.1, -0.05) is 39.0 Å². The standard InChI is InChI=1S/C18H26N2O2/c1-4-13-6-5-7-16-14(10-20-18(13)16)9-17(22)19-11-15(21)8-12(2)3/h5-7,10,12,15,20-21H,4,8-9,11H2,1-3H3,(H,19,22). The van der Waals surface area contributed by atoms with Gasteiger partial charge >= 0.3 is 0 Å². The van der Waals surface area contributed by atoms with Crippen molar-refractivity contribution in [2.45, 2.75) is 46.1 Å². The molecule has 2 aromatic rings. The molecule has 0 aliphatic heterocycles. The van der Waals surface area contributed by atoms with E-state index in [0.29, 0.717) is 25.3 Å². The van der Waals surface area contributed by atoms with E-state index in [1.807, 2.05) is 18.3 Å². The summed E-state index contributed by atoms with van der Waals surface area (Å²) in [6, 6.07) is 6.18. The van der Waals surface area contributed by atoms with Crippen LogP contribution < -0.4 is 5.32 Å². The molecule has 1 amide bonds. The first kappa shape index (κ1) is 16.6. The Morgan fingerprint density at radius 1 is 1.32 bits per heavy atom. The number of benzene rings is 1. The van der Waals surface area contributed by atoms with Gasteiger partial charge in [-0.2, -0.15) is 0 Å². The lowest BCUT2D eigenvalue weighted by molar-refractivity contribution is -0.120. The van der Waals surface area contributed by atoms with Gasteiger partial charge in [0.2, 0.25) is 5.91 Å². The summed E-state index contributed by atoms with van der Waals surface area (Å²) in [5, 5.41) is 13.7. The average Bonchev–Trinajstić information content (AvgIpc) is 2.87. The summed E-state index contributed by atoms with van der Waals surface area (Å²) < 4.78 is 0. The van der Waals surface area contributed by atoms with Crippen molar-refractivity contribution in [3.05, 3.63) is 35.5 Å². The van der Waals surface area contributed by atoms with Gasteiger partial charge in [-0.3, -0.25) is 4.79 Å². The van der Waals surface area contributed by atoms with Gasteiger partial charge in [0.05, 0.1) is 12.5 Å². The number of rotatable bonds is 7. The van der Waals surface area contributed by atoms with Crippen LogP contribution in [0.25, 0.3) is 10.9 Å². The Labute approximate surface area is 131 Å². The molecule has 120 valence electrons. The van der Waals surface area contributed by atoms with Gasteiger partial charge in [-0.25, -0.2) is 0 Å². The number of aliphatic hydroxyl groups excluding tert-OH is 1. The molecule has 0 aliphatic carbocycles. The fraction of sp³-hybridized carbons (Fsp3) is 0.500. The average molecular weight is 302 g/mol. The van der Waals surface area contributed by atoms with Crippen LogP contribution in [-0.4, -0.2) is 28.6 Å². The number of aliphatic hydroxyl groups is 1. The minimum absolute atomic E-state index is 0.0504. The number of hydrogen-bond acceptors (Lipinski definition) is 2. The van der Waals surface area contributed by atoms with Crippen LogP contribution in [0.4, 0.5) is 0 Å². The van der Waals surface area contributed by atoms with Gasteiger partial charge in [0.1, 0.15) is 0 Å². The third-order valence-electron chi connectivity index (χ3n) is 3.90. The molecule has 0 radical (unpaired) electrons. The SMILES string of the molecule is CCc1cccc2c(CC(=O)NCC(O)CC(C)C)c[nH]c12. The third-order valence-corrected chi connectivity index (χ3v) is 3.90. The Morgan fingerprint density at radius 3 is 2.77 bits per heavy atom. The summed E-state index contributed by atoms with van der Waals surface area (Å²) in [6.07, 6.45) is 3.44. The smallest absolute Gasteiger partial charge is 0.224 e. The van der Waals surface area contributed by atoms with E-state index in [9.17, 15) is 9.90 Å². The quantitative estimate of drug-likeness (QED) is 0.736. The van der Waals surface area contributed by atoms with Crippen molar-refractivity contribution in [1.29, 1.82) is 0 Å². The number of aromatic nitrogens is 1. The first-order chi connectivity index (χ1) is 10.5. The predicted molar refractivity (Wildman–Crippen MR) is 89.9 cm³/mol. The van der Waals surface area contributed by atoms with E-state index in [2.05, 4.69) is 37.1 Å². The molecule has 0 bridgehead atoms. The van der Waals surface area contributed by atoms with Gasteiger partial charge in [0.25, 0.3) is 0 Å². The first-order valence-electron chi connectivity index (χ1n) is 8.03. The van der Waals surface area contributed by atoms with Crippen molar-refractivity contribution < 1.29 is 9.90 Å². The lowest BCUT2D eigenvalue weighted by Gasteiger charge is -2.13. The second-order valence-corrected chi connectivity index (χ2v) is 6.27. The number of carbonyl (C=O) groups excluding carboxylic acids is 1. The van der Waals surface area contributed by atoms with Crippen LogP contribution in [0.3, 0.4) is 0 Å². The number of fused-ring (bicyclic) bond motifs is 1. The first-order valence-corrected chi connectivity index (χ1v) is 8.03. The summed E-state index contributed by atoms with van der Waals surface area (Å²) in [4.78, 5) is 15.3. The Balaban J connectivity index is 1.98. The molecule has 0 aliphatic rings. The highest BCUT2D eigenvalue weighted by Gasteiger charge is 2.12. The lowest BCUT2D eigenvalue weighted by atomic mass is 10.0. The molecule has 1 aromatic heterocycles. The number of nitrogens with one attached hydrogen (secondary N) is 2. The van der Waals surface area contributed by atoms with E-state index in [1.165, 1.54) is 5.56 Å². The molecule has 1 aromatic carbocycles. The largest absolute Gasteiger partial charge is 0.391 e. The number of amides is 1. The number of para-hydroxylation sites is 1. The van der Waals surface area contributed by atoms with Crippen molar-refractivity contribution in [2.24, 2.45) is 5.92 Å². The molecule has 3 N–H and O–H groups in total. The van der Waals surface area contributed by atoms with Gasteiger partial charge in [0.15, 0.2) is 0 Å².